The van der Waals surface area contributed by atoms with Gasteiger partial charge in [0, 0.05) is 21.8 Å². The van der Waals surface area contributed by atoms with Gasteiger partial charge < -0.3 is 10.1 Å². The van der Waals surface area contributed by atoms with Gasteiger partial charge in [-0.15, -0.1) is 0 Å². The number of amides is 3. The fourth-order valence-electron chi connectivity index (χ4n) is 3.24. The van der Waals surface area contributed by atoms with E-state index < -0.39 is 11.1 Å². The maximum atomic E-state index is 12.9. The number of carbonyl (C=O) groups excluding carboxylic acids is 4. The molecule has 0 spiro atoms. The fraction of sp³-hybridized carbons (Fsp3) is 0.0769. The number of thioether (sulfide) groups is 1. The highest BCUT2D eigenvalue weighted by atomic mass is 35.5. The monoisotopic (exact) mass is 506 g/mol. The number of ether oxygens (including phenoxy) is 1. The summed E-state index contributed by atoms with van der Waals surface area (Å²) in [5, 5.41) is 2.67. The zero-order chi connectivity index (χ0) is 24.8. The first-order valence-corrected chi connectivity index (χ1v) is 11.7. The predicted molar refractivity (Wildman–Crippen MR) is 135 cm³/mol. The Kier molecular flexibility index (Phi) is 7.64. The summed E-state index contributed by atoms with van der Waals surface area (Å²) in [6.45, 7) is -0.613. The summed E-state index contributed by atoms with van der Waals surface area (Å²) < 4.78 is 5.66. The number of anilines is 1. The van der Waals surface area contributed by atoms with Gasteiger partial charge in [0.25, 0.3) is 17.1 Å². The van der Waals surface area contributed by atoms with E-state index in [1.807, 2.05) is 18.2 Å². The molecule has 1 fully saturated rings. The first-order valence-electron chi connectivity index (χ1n) is 10.5. The molecule has 0 radical (unpaired) electrons. The van der Waals surface area contributed by atoms with E-state index in [-0.39, 0.29) is 29.7 Å². The molecule has 176 valence electrons. The number of nitrogens with zero attached hydrogens (tertiary/aromatic N) is 1. The number of hydrogen-bond acceptors (Lipinski definition) is 6. The van der Waals surface area contributed by atoms with E-state index in [1.165, 1.54) is 6.08 Å². The minimum Gasteiger partial charge on any atom is -0.483 e. The lowest BCUT2D eigenvalue weighted by molar-refractivity contribution is -0.122. The van der Waals surface area contributed by atoms with Gasteiger partial charge in [0.05, 0.1) is 11.4 Å². The lowest BCUT2D eigenvalue weighted by atomic mass is 10.1. The summed E-state index contributed by atoms with van der Waals surface area (Å²) in [4.78, 5) is 51.1. The number of ketones is 1. The number of nitrogens with one attached hydrogen (secondary N) is 1. The van der Waals surface area contributed by atoms with E-state index in [1.54, 1.807) is 60.7 Å². The molecule has 7 nitrogen and oxygen atoms in total. The number of para-hydroxylation sites is 2. The number of carbonyl (C=O) groups is 4. The van der Waals surface area contributed by atoms with Gasteiger partial charge in [0.2, 0.25) is 0 Å². The zero-order valence-electron chi connectivity index (χ0n) is 18.3. The highest BCUT2D eigenvalue weighted by Gasteiger charge is 2.36. The van der Waals surface area contributed by atoms with E-state index >= 15 is 0 Å². The third kappa shape index (κ3) is 6.17. The summed E-state index contributed by atoms with van der Waals surface area (Å²) >= 11 is 6.59. The zero-order valence-corrected chi connectivity index (χ0v) is 19.8. The standard InChI is InChI=1S/C26H19ClN2O5S/c27-19-12-10-17(11-13-19)21(30)15-29-25(32)23(35-26(29)33)14-18-6-4-5-9-22(18)34-16-24(31)28-20-7-2-1-3-8-20/h1-14H,15-16H2,(H,28,31)/b23-14+. The van der Waals surface area contributed by atoms with Crippen molar-refractivity contribution in [2.75, 3.05) is 18.5 Å². The summed E-state index contributed by atoms with van der Waals surface area (Å²) in [7, 11) is 0. The Hall–Kier alpha value is -3.88. The summed E-state index contributed by atoms with van der Waals surface area (Å²) in [6.07, 6.45) is 1.52. The molecule has 3 amide bonds. The highest BCUT2D eigenvalue weighted by molar-refractivity contribution is 8.18. The molecule has 1 heterocycles. The molecule has 0 unspecified atom stereocenters. The van der Waals surface area contributed by atoms with Gasteiger partial charge in [-0.2, -0.15) is 0 Å². The van der Waals surface area contributed by atoms with Crippen molar-refractivity contribution in [3.8, 4) is 5.75 Å². The molecule has 3 aromatic carbocycles. The van der Waals surface area contributed by atoms with Crippen molar-refractivity contribution >= 4 is 58.0 Å². The predicted octanol–water partition coefficient (Wildman–Crippen LogP) is 5.28. The van der Waals surface area contributed by atoms with Crippen LogP contribution in [0.1, 0.15) is 15.9 Å². The molecule has 0 bridgehead atoms. The summed E-state index contributed by atoms with van der Waals surface area (Å²) in [5.41, 5.74) is 1.52. The van der Waals surface area contributed by atoms with Crippen molar-refractivity contribution in [2.24, 2.45) is 0 Å². The number of imide groups is 1. The third-order valence-electron chi connectivity index (χ3n) is 4.96. The second-order valence-electron chi connectivity index (χ2n) is 7.44. The topological polar surface area (TPSA) is 92.8 Å². The molecule has 1 N–H and O–H groups in total. The largest absolute Gasteiger partial charge is 0.483 e. The molecule has 0 saturated carbocycles. The van der Waals surface area contributed by atoms with Crippen LogP contribution in [-0.2, 0) is 9.59 Å². The first-order chi connectivity index (χ1) is 16.9. The number of Topliss-reactive ketones (excluding diaryl/α,β-unsaturated/α-hetero) is 1. The van der Waals surface area contributed by atoms with Crippen LogP contribution < -0.4 is 10.1 Å². The van der Waals surface area contributed by atoms with Crippen LogP contribution in [0.25, 0.3) is 6.08 Å². The first kappa shape index (κ1) is 24.3. The maximum Gasteiger partial charge on any atom is 0.293 e. The molecular formula is C26H19ClN2O5S. The Morgan fingerprint density at radius 1 is 0.943 bits per heavy atom. The SMILES string of the molecule is O=C(COc1ccccc1/C=C1/SC(=O)N(CC(=O)c2ccc(Cl)cc2)C1=O)Nc1ccccc1. The lowest BCUT2D eigenvalue weighted by Crippen LogP contribution is -2.33. The third-order valence-corrected chi connectivity index (χ3v) is 6.12. The smallest absolute Gasteiger partial charge is 0.293 e. The Labute approximate surface area is 210 Å². The molecule has 0 aromatic heterocycles. The van der Waals surface area contributed by atoms with Gasteiger partial charge in [-0.25, -0.2) is 0 Å². The van der Waals surface area contributed by atoms with Crippen LogP contribution in [0.3, 0.4) is 0 Å². The molecule has 1 aliphatic heterocycles. The normalized spacial score (nSPS) is 14.3. The molecule has 4 rings (SSSR count). The Bertz CT molecular complexity index is 1310. The quantitative estimate of drug-likeness (QED) is 0.330. The Morgan fingerprint density at radius 3 is 2.37 bits per heavy atom. The number of rotatable bonds is 8. The van der Waals surface area contributed by atoms with E-state index in [4.69, 9.17) is 16.3 Å². The molecule has 1 saturated heterocycles. The van der Waals surface area contributed by atoms with Crippen LogP contribution in [0.15, 0.2) is 83.8 Å². The van der Waals surface area contributed by atoms with Crippen molar-refractivity contribution < 1.29 is 23.9 Å². The van der Waals surface area contributed by atoms with Crippen molar-refractivity contribution in [2.45, 2.75) is 0 Å². The van der Waals surface area contributed by atoms with Crippen LogP contribution in [0.2, 0.25) is 5.02 Å². The summed E-state index contributed by atoms with van der Waals surface area (Å²) in [5.74, 6) is -0.913. The Morgan fingerprint density at radius 2 is 1.63 bits per heavy atom. The van der Waals surface area contributed by atoms with Gasteiger partial charge >= 0.3 is 0 Å². The lowest BCUT2D eigenvalue weighted by Gasteiger charge is -2.12. The average molecular weight is 507 g/mol. The molecule has 0 atom stereocenters. The maximum absolute atomic E-state index is 12.9. The van der Waals surface area contributed by atoms with Crippen LogP contribution in [0.5, 0.6) is 5.75 Å². The second kappa shape index (κ2) is 11.0. The van der Waals surface area contributed by atoms with Crippen LogP contribution in [-0.4, -0.2) is 40.9 Å². The number of benzene rings is 3. The van der Waals surface area contributed by atoms with Crippen molar-refractivity contribution in [3.63, 3.8) is 0 Å². The highest BCUT2D eigenvalue weighted by Crippen LogP contribution is 2.34. The van der Waals surface area contributed by atoms with Crippen LogP contribution >= 0.6 is 23.4 Å². The summed E-state index contributed by atoms with van der Waals surface area (Å²) in [6, 6.07) is 22.1. The van der Waals surface area contributed by atoms with Crippen molar-refractivity contribution in [1.29, 1.82) is 0 Å². The van der Waals surface area contributed by atoms with E-state index in [0.717, 1.165) is 16.7 Å². The minimum absolute atomic E-state index is 0.156. The number of hydrogen-bond donors (Lipinski definition) is 1. The fourth-order valence-corrected chi connectivity index (χ4v) is 4.20. The van der Waals surface area contributed by atoms with Crippen molar-refractivity contribution in [1.82, 2.24) is 4.90 Å². The average Bonchev–Trinajstić information content (AvgIpc) is 3.11. The van der Waals surface area contributed by atoms with Gasteiger partial charge in [-0.05, 0) is 60.3 Å². The van der Waals surface area contributed by atoms with Crippen LogP contribution in [0.4, 0.5) is 10.5 Å². The molecule has 9 heteroatoms. The molecule has 0 aliphatic carbocycles. The Balaban J connectivity index is 1.43. The van der Waals surface area contributed by atoms with Gasteiger partial charge in [-0.3, -0.25) is 24.1 Å². The van der Waals surface area contributed by atoms with Crippen molar-refractivity contribution in [3.05, 3.63) is 99.9 Å². The molecule has 3 aromatic rings. The van der Waals surface area contributed by atoms with Gasteiger partial charge in [0.15, 0.2) is 12.4 Å². The van der Waals surface area contributed by atoms with E-state index in [9.17, 15) is 19.2 Å². The minimum atomic E-state index is -0.570. The number of halogens is 1. The van der Waals surface area contributed by atoms with Crippen LogP contribution in [0, 0.1) is 0 Å². The molecule has 1 aliphatic rings. The second-order valence-corrected chi connectivity index (χ2v) is 8.87. The van der Waals surface area contributed by atoms with E-state index in [0.29, 0.717) is 27.6 Å². The van der Waals surface area contributed by atoms with Gasteiger partial charge in [-0.1, -0.05) is 48.0 Å². The van der Waals surface area contributed by atoms with E-state index in [2.05, 4.69) is 5.32 Å². The molecule has 35 heavy (non-hydrogen) atoms. The van der Waals surface area contributed by atoms with Gasteiger partial charge in [0.1, 0.15) is 5.75 Å². The molecular weight excluding hydrogens is 488 g/mol.